The number of aromatic nitrogens is 2. The van der Waals surface area contributed by atoms with Gasteiger partial charge in [-0.2, -0.15) is 4.98 Å². The second kappa shape index (κ2) is 17.8. The van der Waals surface area contributed by atoms with Crippen LogP contribution in [0.3, 0.4) is 0 Å². The first-order valence-corrected chi connectivity index (χ1v) is 21.8. The van der Waals surface area contributed by atoms with Crippen LogP contribution in [-0.4, -0.2) is 55.2 Å². The summed E-state index contributed by atoms with van der Waals surface area (Å²) in [6.45, 7) is -1.79. The number of hydrogen-bond donors (Lipinski definition) is 1. The molecule has 1 saturated heterocycles. The van der Waals surface area contributed by atoms with Crippen molar-refractivity contribution in [3.05, 3.63) is 185 Å². The summed E-state index contributed by atoms with van der Waals surface area (Å²) < 4.78 is 46.7. The summed E-state index contributed by atoms with van der Waals surface area (Å²) in [6, 6.07) is 44.8. The van der Waals surface area contributed by atoms with Crippen LogP contribution in [0.1, 0.15) is 39.7 Å². The molecule has 1 aromatic heterocycles. The number of rotatable bonds is 15. The molecule has 57 heavy (non-hydrogen) atoms. The summed E-state index contributed by atoms with van der Waals surface area (Å²) in [5.74, 6) is 1.07. The molecule has 1 fully saturated rings. The fraction of sp³-hybridized carbons (Fsp3) is 0.205. The molecule has 2 heterocycles. The largest absolute Gasteiger partial charge is 0.497 e. The van der Waals surface area contributed by atoms with Gasteiger partial charge in [0.2, 0.25) is 0 Å². The van der Waals surface area contributed by atoms with E-state index < -0.39 is 42.2 Å². The SMILES string of the molecule is COc1ccc(C(OC[C@H]2O[C@@H](n3ccc(NC(=O)c4ccccc4)nc3=O)C[C@@H]2O[P@](C)(=O)Sc2ccccc2)(c2ccccc2)c2ccc(OC)cc2)cc1. The molecule has 11 nitrogen and oxygen atoms in total. The van der Waals surface area contributed by atoms with Crippen molar-refractivity contribution in [2.45, 2.75) is 35.4 Å². The number of anilines is 1. The molecule has 292 valence electrons. The van der Waals surface area contributed by atoms with Gasteiger partial charge in [0.25, 0.3) is 12.5 Å². The van der Waals surface area contributed by atoms with Gasteiger partial charge in [-0.15, -0.1) is 0 Å². The average molecular weight is 804 g/mol. The van der Waals surface area contributed by atoms with Gasteiger partial charge in [0, 0.05) is 29.7 Å². The lowest BCUT2D eigenvalue weighted by molar-refractivity contribution is -0.0911. The number of ether oxygens (including phenoxy) is 4. The molecule has 0 unspecified atom stereocenters. The van der Waals surface area contributed by atoms with E-state index in [0.717, 1.165) is 33.0 Å². The minimum Gasteiger partial charge on any atom is -0.497 e. The van der Waals surface area contributed by atoms with E-state index in [2.05, 4.69) is 10.3 Å². The minimum absolute atomic E-state index is 0.0302. The van der Waals surface area contributed by atoms with Gasteiger partial charge in [-0.1, -0.05) is 91.0 Å². The molecule has 1 N–H and O–H groups in total. The quantitative estimate of drug-likeness (QED) is 0.0795. The molecule has 1 amide bonds. The third-order valence-corrected chi connectivity index (χ3v) is 12.9. The van der Waals surface area contributed by atoms with E-state index in [4.69, 9.17) is 23.5 Å². The number of methoxy groups -OCH3 is 2. The van der Waals surface area contributed by atoms with E-state index in [0.29, 0.717) is 17.1 Å². The Morgan fingerprint density at radius 2 is 1.35 bits per heavy atom. The number of carbonyl (C=O) groups is 1. The summed E-state index contributed by atoms with van der Waals surface area (Å²) in [5, 5.41) is 2.68. The number of nitrogens with zero attached hydrogens (tertiary/aromatic N) is 2. The summed E-state index contributed by atoms with van der Waals surface area (Å²) in [4.78, 5) is 31.2. The monoisotopic (exact) mass is 803 g/mol. The normalized spacial score (nSPS) is 17.7. The molecule has 0 aliphatic carbocycles. The summed E-state index contributed by atoms with van der Waals surface area (Å²) in [6.07, 6.45) is -0.705. The van der Waals surface area contributed by atoms with Crippen molar-refractivity contribution in [1.82, 2.24) is 9.55 Å². The standard InChI is InChI=1S/C44H42N3O8PS/c1-51-35-23-19-33(20-24-35)44(32-15-9-5-10-16-32,34-21-25-36(52-2)26-22-34)53-30-39-38(55-56(3,50)57-37-17-11-6-12-18-37)29-41(54-39)47-28-27-40(46-43(47)49)45-42(48)31-13-7-4-8-14-31/h4-28,38-39,41H,29-30H2,1-3H3,(H,45,46,48,49)/t38-,39+,41+,56-/m0/s1. The zero-order valence-electron chi connectivity index (χ0n) is 31.6. The molecule has 0 spiro atoms. The number of carbonyl (C=O) groups excluding carboxylic acids is 1. The van der Waals surface area contributed by atoms with Crippen molar-refractivity contribution < 1.29 is 32.8 Å². The van der Waals surface area contributed by atoms with Gasteiger partial charge >= 0.3 is 5.69 Å². The number of nitrogens with one attached hydrogen (secondary N) is 1. The molecule has 6 aromatic rings. The van der Waals surface area contributed by atoms with Crippen LogP contribution in [0, 0.1) is 0 Å². The fourth-order valence-electron chi connectivity index (χ4n) is 6.83. The van der Waals surface area contributed by atoms with E-state index in [1.165, 1.54) is 16.8 Å². The Kier molecular flexibility index (Phi) is 12.4. The van der Waals surface area contributed by atoms with E-state index in [1.54, 1.807) is 45.1 Å². The van der Waals surface area contributed by atoms with Crippen LogP contribution >= 0.6 is 18.0 Å². The zero-order valence-corrected chi connectivity index (χ0v) is 33.3. The van der Waals surface area contributed by atoms with E-state index in [9.17, 15) is 14.2 Å². The van der Waals surface area contributed by atoms with Gasteiger partial charge < -0.3 is 28.8 Å². The number of amides is 1. The minimum atomic E-state index is -3.34. The van der Waals surface area contributed by atoms with Crippen LogP contribution in [0.4, 0.5) is 5.82 Å². The highest BCUT2D eigenvalue weighted by Gasteiger charge is 2.44. The van der Waals surface area contributed by atoms with Crippen LogP contribution in [0.25, 0.3) is 0 Å². The van der Waals surface area contributed by atoms with Gasteiger partial charge in [0.1, 0.15) is 35.2 Å². The molecular weight excluding hydrogens is 762 g/mol. The zero-order chi connectivity index (χ0) is 39.8. The van der Waals surface area contributed by atoms with Gasteiger partial charge in [0.15, 0.2) is 0 Å². The first kappa shape index (κ1) is 39.7. The first-order chi connectivity index (χ1) is 27.7. The van der Waals surface area contributed by atoms with Crippen LogP contribution in [0.2, 0.25) is 0 Å². The Morgan fingerprint density at radius 3 is 1.91 bits per heavy atom. The molecular formula is C44H42N3O8PS. The summed E-state index contributed by atoms with van der Waals surface area (Å²) in [5.41, 5.74) is 1.11. The second-order valence-corrected chi connectivity index (χ2v) is 18.3. The molecule has 1 aliphatic rings. The maximum Gasteiger partial charge on any atom is 0.351 e. The molecule has 1 aliphatic heterocycles. The van der Waals surface area contributed by atoms with E-state index in [-0.39, 0.29) is 18.8 Å². The van der Waals surface area contributed by atoms with Crippen molar-refractivity contribution in [3.8, 4) is 11.5 Å². The molecule has 0 radical (unpaired) electrons. The fourth-order valence-corrected chi connectivity index (χ4v) is 10.2. The topological polar surface area (TPSA) is 127 Å². The molecule has 0 saturated carbocycles. The van der Waals surface area contributed by atoms with Crippen LogP contribution in [0.5, 0.6) is 11.5 Å². The Balaban J connectivity index is 1.23. The van der Waals surface area contributed by atoms with Gasteiger partial charge in [-0.25, -0.2) is 4.79 Å². The van der Waals surface area contributed by atoms with Crippen LogP contribution < -0.4 is 20.5 Å². The van der Waals surface area contributed by atoms with Gasteiger partial charge in [-0.3, -0.25) is 13.9 Å². The highest BCUT2D eigenvalue weighted by Crippen LogP contribution is 2.61. The molecule has 4 atom stereocenters. The van der Waals surface area contributed by atoms with Crippen molar-refractivity contribution in [1.29, 1.82) is 0 Å². The Hall–Kier alpha value is -5.49. The lowest BCUT2D eigenvalue weighted by Crippen LogP contribution is -2.38. The summed E-state index contributed by atoms with van der Waals surface area (Å²) in [7, 11) is 3.23. The van der Waals surface area contributed by atoms with Crippen molar-refractivity contribution >= 4 is 29.7 Å². The Morgan fingerprint density at radius 1 is 0.807 bits per heavy atom. The van der Waals surface area contributed by atoms with Crippen molar-refractivity contribution in [2.75, 3.05) is 32.8 Å². The summed E-state index contributed by atoms with van der Waals surface area (Å²) >= 11 is 1.15. The predicted molar refractivity (Wildman–Crippen MR) is 220 cm³/mol. The van der Waals surface area contributed by atoms with Crippen LogP contribution in [0.15, 0.2) is 161 Å². The predicted octanol–water partition coefficient (Wildman–Crippen LogP) is 8.81. The second-order valence-electron chi connectivity index (χ2n) is 13.3. The average Bonchev–Trinajstić information content (AvgIpc) is 3.63. The van der Waals surface area contributed by atoms with E-state index >= 15 is 0 Å². The lowest BCUT2D eigenvalue weighted by Gasteiger charge is -2.37. The maximum absolute atomic E-state index is 14.1. The maximum atomic E-state index is 14.1. The van der Waals surface area contributed by atoms with E-state index in [1.807, 2.05) is 115 Å². The molecule has 7 rings (SSSR count). The first-order valence-electron chi connectivity index (χ1n) is 18.3. The Labute approximate surface area is 335 Å². The molecule has 0 bridgehead atoms. The Bertz CT molecular complexity index is 2320. The van der Waals surface area contributed by atoms with Gasteiger partial charge in [0.05, 0.1) is 26.9 Å². The van der Waals surface area contributed by atoms with Crippen LogP contribution in [-0.2, 0) is 24.2 Å². The third-order valence-electron chi connectivity index (χ3n) is 9.58. The highest BCUT2D eigenvalue weighted by atomic mass is 32.7. The lowest BCUT2D eigenvalue weighted by atomic mass is 9.80. The molecule has 13 heteroatoms. The third kappa shape index (κ3) is 9.23. The molecule has 5 aromatic carbocycles. The number of benzene rings is 5. The highest BCUT2D eigenvalue weighted by molar-refractivity contribution is 8.56. The number of hydrogen-bond acceptors (Lipinski definition) is 10. The smallest absolute Gasteiger partial charge is 0.351 e. The van der Waals surface area contributed by atoms with Crippen molar-refractivity contribution in [2.24, 2.45) is 0 Å². The van der Waals surface area contributed by atoms with Crippen molar-refractivity contribution in [3.63, 3.8) is 0 Å². The van der Waals surface area contributed by atoms with Gasteiger partial charge in [-0.05, 0) is 82.7 Å².